The Balaban J connectivity index is 2.30. The Kier molecular flexibility index (Phi) is 2.60. The van der Waals surface area contributed by atoms with Crippen molar-refractivity contribution in [2.75, 3.05) is 0 Å². The fourth-order valence-corrected chi connectivity index (χ4v) is 2.30. The van der Waals surface area contributed by atoms with E-state index < -0.39 is 0 Å². The molecule has 0 saturated carbocycles. The summed E-state index contributed by atoms with van der Waals surface area (Å²) in [7, 11) is 0. The van der Waals surface area contributed by atoms with Gasteiger partial charge in [0, 0.05) is 22.8 Å². The standard InChI is InChI=1S/C17H15N/c1-12-7-9-14(10-8-12)17-11-18-13(2)15-5-3-4-6-16(15)17/h3-11H,1-2H3. The zero-order valence-corrected chi connectivity index (χ0v) is 10.6. The summed E-state index contributed by atoms with van der Waals surface area (Å²) < 4.78 is 0. The highest BCUT2D eigenvalue weighted by molar-refractivity contribution is 5.97. The Labute approximate surface area is 107 Å². The molecule has 0 aliphatic rings. The van der Waals surface area contributed by atoms with E-state index in [4.69, 9.17) is 0 Å². The molecule has 1 heterocycles. The topological polar surface area (TPSA) is 12.9 Å². The monoisotopic (exact) mass is 233 g/mol. The van der Waals surface area contributed by atoms with Gasteiger partial charge in [-0.1, -0.05) is 54.1 Å². The first-order valence-corrected chi connectivity index (χ1v) is 6.17. The lowest BCUT2D eigenvalue weighted by Gasteiger charge is -2.08. The van der Waals surface area contributed by atoms with Gasteiger partial charge in [-0.05, 0) is 24.8 Å². The molecule has 88 valence electrons. The summed E-state index contributed by atoms with van der Waals surface area (Å²) in [6.45, 7) is 4.16. The molecule has 0 unspecified atom stereocenters. The van der Waals surface area contributed by atoms with Crippen molar-refractivity contribution in [3.63, 3.8) is 0 Å². The molecule has 0 spiro atoms. The molecule has 0 bridgehead atoms. The first kappa shape index (κ1) is 11.0. The molecule has 3 rings (SSSR count). The van der Waals surface area contributed by atoms with Crippen molar-refractivity contribution in [2.45, 2.75) is 13.8 Å². The number of hydrogen-bond donors (Lipinski definition) is 0. The summed E-state index contributed by atoms with van der Waals surface area (Å²) in [6.07, 6.45) is 1.97. The van der Waals surface area contributed by atoms with Crippen LogP contribution in [0.15, 0.2) is 54.7 Å². The number of benzene rings is 2. The van der Waals surface area contributed by atoms with Gasteiger partial charge >= 0.3 is 0 Å². The maximum atomic E-state index is 4.51. The number of aryl methyl sites for hydroxylation is 2. The number of rotatable bonds is 1. The minimum atomic E-state index is 1.08. The number of hydrogen-bond acceptors (Lipinski definition) is 1. The quantitative estimate of drug-likeness (QED) is 0.602. The first-order chi connectivity index (χ1) is 8.75. The van der Waals surface area contributed by atoms with Crippen molar-refractivity contribution in [2.24, 2.45) is 0 Å². The molecule has 0 N–H and O–H groups in total. The molecule has 0 saturated heterocycles. The van der Waals surface area contributed by atoms with E-state index in [0.717, 1.165) is 5.69 Å². The van der Waals surface area contributed by atoms with Gasteiger partial charge in [0.05, 0.1) is 0 Å². The number of pyridine rings is 1. The van der Waals surface area contributed by atoms with Gasteiger partial charge in [-0.15, -0.1) is 0 Å². The van der Waals surface area contributed by atoms with E-state index >= 15 is 0 Å². The zero-order valence-electron chi connectivity index (χ0n) is 10.6. The predicted molar refractivity (Wildman–Crippen MR) is 76.7 cm³/mol. The van der Waals surface area contributed by atoms with Crippen LogP contribution in [0.2, 0.25) is 0 Å². The first-order valence-electron chi connectivity index (χ1n) is 6.17. The van der Waals surface area contributed by atoms with Gasteiger partial charge in [0.15, 0.2) is 0 Å². The summed E-state index contributed by atoms with van der Waals surface area (Å²) in [4.78, 5) is 4.51. The van der Waals surface area contributed by atoms with Crippen LogP contribution in [0, 0.1) is 13.8 Å². The van der Waals surface area contributed by atoms with E-state index in [9.17, 15) is 0 Å². The summed E-state index contributed by atoms with van der Waals surface area (Å²) in [5.41, 5.74) is 4.80. The van der Waals surface area contributed by atoms with Crippen LogP contribution in [0.25, 0.3) is 21.9 Å². The largest absolute Gasteiger partial charge is 0.260 e. The highest BCUT2D eigenvalue weighted by atomic mass is 14.7. The molecule has 1 heteroatoms. The molecular formula is C17H15N. The Hall–Kier alpha value is -2.15. The van der Waals surface area contributed by atoms with Crippen LogP contribution in [0.3, 0.4) is 0 Å². The maximum absolute atomic E-state index is 4.51. The minimum Gasteiger partial charge on any atom is -0.260 e. The van der Waals surface area contributed by atoms with Crippen molar-refractivity contribution >= 4 is 10.8 Å². The summed E-state index contributed by atoms with van der Waals surface area (Å²) >= 11 is 0. The lowest BCUT2D eigenvalue weighted by atomic mass is 9.99. The van der Waals surface area contributed by atoms with E-state index in [-0.39, 0.29) is 0 Å². The molecule has 0 aliphatic carbocycles. The Bertz CT molecular complexity index is 696. The van der Waals surface area contributed by atoms with Crippen molar-refractivity contribution < 1.29 is 0 Å². The van der Waals surface area contributed by atoms with Crippen molar-refractivity contribution in [3.05, 3.63) is 66.0 Å². The molecule has 0 atom stereocenters. The Morgan fingerprint density at radius 3 is 2.17 bits per heavy atom. The van der Waals surface area contributed by atoms with Gasteiger partial charge in [0.25, 0.3) is 0 Å². The molecule has 0 radical (unpaired) electrons. The fourth-order valence-electron chi connectivity index (χ4n) is 2.30. The zero-order chi connectivity index (χ0) is 12.5. The molecule has 2 aromatic carbocycles. The molecule has 0 fully saturated rings. The molecule has 0 aliphatic heterocycles. The molecule has 1 nitrogen and oxygen atoms in total. The molecular weight excluding hydrogens is 218 g/mol. The minimum absolute atomic E-state index is 1.08. The SMILES string of the molecule is Cc1ccc(-c2cnc(C)c3ccccc23)cc1. The number of aromatic nitrogens is 1. The van der Waals surface area contributed by atoms with E-state index in [0.29, 0.717) is 0 Å². The fraction of sp³-hybridized carbons (Fsp3) is 0.118. The van der Waals surface area contributed by atoms with Crippen molar-refractivity contribution in [1.82, 2.24) is 4.98 Å². The third kappa shape index (κ3) is 1.78. The Morgan fingerprint density at radius 2 is 1.44 bits per heavy atom. The second-order valence-electron chi connectivity index (χ2n) is 4.67. The average Bonchev–Trinajstić information content (AvgIpc) is 2.41. The lowest BCUT2D eigenvalue weighted by Crippen LogP contribution is -1.88. The summed E-state index contributed by atoms with van der Waals surface area (Å²) in [5, 5.41) is 2.50. The van der Waals surface area contributed by atoms with Gasteiger partial charge in [-0.3, -0.25) is 4.98 Å². The van der Waals surface area contributed by atoms with Crippen LogP contribution in [0.5, 0.6) is 0 Å². The smallest absolute Gasteiger partial charge is 0.0451 e. The van der Waals surface area contributed by atoms with E-state index in [1.54, 1.807) is 0 Å². The van der Waals surface area contributed by atoms with Gasteiger partial charge < -0.3 is 0 Å². The Morgan fingerprint density at radius 1 is 0.778 bits per heavy atom. The second kappa shape index (κ2) is 4.26. The molecule has 18 heavy (non-hydrogen) atoms. The molecule has 3 aromatic rings. The number of fused-ring (bicyclic) bond motifs is 1. The van der Waals surface area contributed by atoms with Crippen molar-refractivity contribution in [3.8, 4) is 11.1 Å². The van der Waals surface area contributed by atoms with Crippen molar-refractivity contribution in [1.29, 1.82) is 0 Å². The third-order valence-corrected chi connectivity index (χ3v) is 3.36. The van der Waals surface area contributed by atoms with Crippen LogP contribution in [-0.2, 0) is 0 Å². The van der Waals surface area contributed by atoms with Gasteiger partial charge in [-0.2, -0.15) is 0 Å². The van der Waals surface area contributed by atoms with E-state index in [1.807, 2.05) is 6.20 Å². The van der Waals surface area contributed by atoms with Crippen LogP contribution in [0.1, 0.15) is 11.3 Å². The van der Waals surface area contributed by atoms with Gasteiger partial charge in [0.1, 0.15) is 0 Å². The highest BCUT2D eigenvalue weighted by Gasteiger charge is 2.05. The van der Waals surface area contributed by atoms with Gasteiger partial charge in [0.2, 0.25) is 0 Å². The number of nitrogens with zero attached hydrogens (tertiary/aromatic N) is 1. The highest BCUT2D eigenvalue weighted by Crippen LogP contribution is 2.29. The summed E-state index contributed by atoms with van der Waals surface area (Å²) in [5.74, 6) is 0. The summed E-state index contributed by atoms with van der Waals surface area (Å²) in [6, 6.07) is 17.1. The van der Waals surface area contributed by atoms with Crippen LogP contribution in [-0.4, -0.2) is 4.98 Å². The normalized spacial score (nSPS) is 10.8. The molecule has 1 aromatic heterocycles. The van der Waals surface area contributed by atoms with Gasteiger partial charge in [-0.25, -0.2) is 0 Å². The second-order valence-corrected chi connectivity index (χ2v) is 4.67. The predicted octanol–water partition coefficient (Wildman–Crippen LogP) is 4.52. The lowest BCUT2D eigenvalue weighted by molar-refractivity contribution is 1.24. The molecule has 0 amide bonds. The van der Waals surface area contributed by atoms with E-state index in [2.05, 4.69) is 67.4 Å². The average molecular weight is 233 g/mol. The maximum Gasteiger partial charge on any atom is 0.0451 e. The third-order valence-electron chi connectivity index (χ3n) is 3.36. The van der Waals surface area contributed by atoms with E-state index in [1.165, 1.54) is 27.5 Å². The van der Waals surface area contributed by atoms with Crippen LogP contribution < -0.4 is 0 Å². The van der Waals surface area contributed by atoms with Crippen LogP contribution >= 0.6 is 0 Å². The van der Waals surface area contributed by atoms with Crippen LogP contribution in [0.4, 0.5) is 0 Å².